The average Bonchev–Trinajstić information content (AvgIpc) is 2.91. The minimum Gasteiger partial charge on any atom is -0.387 e. The Labute approximate surface area is 129 Å². The summed E-state index contributed by atoms with van der Waals surface area (Å²) in [5.74, 6) is -0.859. The zero-order chi connectivity index (χ0) is 16.1. The smallest absolute Gasteiger partial charge is 0.128 e. The normalized spacial score (nSPS) is 37.2. The number of rotatable bonds is 4. The first-order valence-corrected chi connectivity index (χ1v) is 7.72. The number of hydrogen-bond donors (Lipinski definition) is 1. The van der Waals surface area contributed by atoms with Gasteiger partial charge in [0.15, 0.2) is 0 Å². The quantitative estimate of drug-likeness (QED) is 0.928. The first kappa shape index (κ1) is 15.8. The Hall–Kier alpha value is -1.04. The van der Waals surface area contributed by atoms with Crippen LogP contribution in [0.1, 0.15) is 39.2 Å². The molecule has 1 aromatic rings. The van der Waals surface area contributed by atoms with Gasteiger partial charge in [-0.3, -0.25) is 0 Å². The van der Waals surface area contributed by atoms with Crippen LogP contribution < -0.4 is 0 Å². The fourth-order valence-corrected chi connectivity index (χ4v) is 3.83. The third kappa shape index (κ3) is 2.27. The fraction of sp³-hybridized carbons (Fsp3) is 0.647. The van der Waals surface area contributed by atoms with Crippen LogP contribution in [0.2, 0.25) is 0 Å². The summed E-state index contributed by atoms with van der Waals surface area (Å²) < 4.78 is 38.8. The van der Waals surface area contributed by atoms with Crippen LogP contribution in [0.25, 0.3) is 0 Å². The topological polar surface area (TPSA) is 38.7 Å². The molecule has 0 aliphatic carbocycles. The molecule has 0 aromatic heterocycles. The second-order valence-electron chi connectivity index (χ2n) is 6.94. The standard InChI is InChI=1S/C17H22F2O3/c1-10(2)17-7-6-16(3,22-17)15(14(17)20)21-9-11-8-12(18)4-5-13(11)19/h4-5,8,10,14-15,20H,6-7,9H2,1-3H3/t14-,15-,16+,17+/m1/s1. The molecule has 4 atom stereocenters. The number of benzene rings is 1. The Morgan fingerprint density at radius 1 is 1.36 bits per heavy atom. The van der Waals surface area contributed by atoms with Crippen molar-refractivity contribution in [3.63, 3.8) is 0 Å². The third-order valence-electron chi connectivity index (χ3n) is 5.23. The van der Waals surface area contributed by atoms with Gasteiger partial charge in [0, 0.05) is 5.56 Å². The highest BCUT2D eigenvalue weighted by atomic mass is 19.1. The molecule has 1 N–H and O–H groups in total. The molecule has 0 saturated carbocycles. The van der Waals surface area contributed by atoms with Crippen LogP contribution in [-0.2, 0) is 16.1 Å². The molecule has 2 bridgehead atoms. The van der Waals surface area contributed by atoms with Crippen LogP contribution in [0, 0.1) is 17.6 Å². The van der Waals surface area contributed by atoms with Crippen LogP contribution in [0.15, 0.2) is 18.2 Å². The van der Waals surface area contributed by atoms with Crippen molar-refractivity contribution in [3.05, 3.63) is 35.4 Å². The van der Waals surface area contributed by atoms with E-state index >= 15 is 0 Å². The third-order valence-corrected chi connectivity index (χ3v) is 5.23. The van der Waals surface area contributed by atoms with E-state index in [0.717, 1.165) is 31.0 Å². The van der Waals surface area contributed by atoms with Gasteiger partial charge in [-0.05, 0) is 43.9 Å². The molecule has 0 spiro atoms. The number of ether oxygens (including phenoxy) is 2. The molecular formula is C17H22F2O3. The summed E-state index contributed by atoms with van der Waals surface area (Å²) in [5.41, 5.74) is -1.02. The van der Waals surface area contributed by atoms with Crippen LogP contribution in [0.5, 0.6) is 0 Å². The van der Waals surface area contributed by atoms with E-state index in [0.29, 0.717) is 0 Å². The summed E-state index contributed by atoms with van der Waals surface area (Å²) in [5, 5.41) is 10.6. The average molecular weight is 312 g/mol. The molecule has 2 fully saturated rings. The molecule has 3 nitrogen and oxygen atoms in total. The summed E-state index contributed by atoms with van der Waals surface area (Å²) in [6.45, 7) is 5.87. The molecule has 0 unspecified atom stereocenters. The Morgan fingerprint density at radius 3 is 2.73 bits per heavy atom. The second kappa shape index (κ2) is 5.25. The molecule has 3 rings (SSSR count). The lowest BCUT2D eigenvalue weighted by Crippen LogP contribution is -2.51. The van der Waals surface area contributed by atoms with Crippen molar-refractivity contribution >= 4 is 0 Å². The molecule has 2 aliphatic rings. The Morgan fingerprint density at radius 2 is 2.09 bits per heavy atom. The Bertz CT molecular complexity index is 577. The molecule has 2 aliphatic heterocycles. The van der Waals surface area contributed by atoms with Crippen molar-refractivity contribution in [2.75, 3.05) is 0 Å². The van der Waals surface area contributed by atoms with E-state index < -0.39 is 35.0 Å². The maximum atomic E-state index is 13.7. The van der Waals surface area contributed by atoms with Gasteiger partial charge >= 0.3 is 0 Å². The van der Waals surface area contributed by atoms with Gasteiger partial charge in [0.2, 0.25) is 0 Å². The predicted molar refractivity (Wildman–Crippen MR) is 77.2 cm³/mol. The number of aliphatic hydroxyl groups excluding tert-OH is 1. The fourth-order valence-electron chi connectivity index (χ4n) is 3.83. The molecule has 22 heavy (non-hydrogen) atoms. The van der Waals surface area contributed by atoms with Crippen LogP contribution >= 0.6 is 0 Å². The van der Waals surface area contributed by atoms with Gasteiger partial charge in [-0.25, -0.2) is 8.78 Å². The van der Waals surface area contributed by atoms with Crippen LogP contribution in [-0.4, -0.2) is 28.5 Å². The van der Waals surface area contributed by atoms with E-state index in [9.17, 15) is 13.9 Å². The van der Waals surface area contributed by atoms with Crippen molar-refractivity contribution in [3.8, 4) is 0 Å². The summed E-state index contributed by atoms with van der Waals surface area (Å²) in [6, 6.07) is 3.28. The minimum atomic E-state index is -0.761. The van der Waals surface area contributed by atoms with E-state index in [4.69, 9.17) is 9.47 Å². The number of halogens is 2. The molecule has 122 valence electrons. The molecule has 2 saturated heterocycles. The monoisotopic (exact) mass is 312 g/mol. The lowest BCUT2D eigenvalue weighted by molar-refractivity contribution is -0.0980. The van der Waals surface area contributed by atoms with Crippen molar-refractivity contribution < 1.29 is 23.4 Å². The second-order valence-corrected chi connectivity index (χ2v) is 6.94. The molecule has 0 radical (unpaired) electrons. The predicted octanol–water partition coefficient (Wildman–Crippen LogP) is 3.19. The van der Waals surface area contributed by atoms with E-state index in [2.05, 4.69) is 0 Å². The zero-order valence-electron chi connectivity index (χ0n) is 13.1. The highest BCUT2D eigenvalue weighted by Crippen LogP contribution is 2.55. The maximum Gasteiger partial charge on any atom is 0.128 e. The summed E-state index contributed by atoms with van der Waals surface area (Å²) in [6.07, 6.45) is 0.281. The van der Waals surface area contributed by atoms with Gasteiger partial charge in [-0.2, -0.15) is 0 Å². The van der Waals surface area contributed by atoms with E-state index in [-0.39, 0.29) is 18.1 Å². The van der Waals surface area contributed by atoms with E-state index in [1.807, 2.05) is 20.8 Å². The van der Waals surface area contributed by atoms with Crippen molar-refractivity contribution in [1.82, 2.24) is 0 Å². The molecule has 0 amide bonds. The molecule has 5 heteroatoms. The minimum absolute atomic E-state index is 0.0849. The zero-order valence-corrected chi connectivity index (χ0v) is 13.1. The van der Waals surface area contributed by atoms with E-state index in [1.54, 1.807) is 0 Å². The summed E-state index contributed by atoms with van der Waals surface area (Å²) in [4.78, 5) is 0. The first-order chi connectivity index (χ1) is 10.3. The van der Waals surface area contributed by atoms with Gasteiger partial charge in [0.25, 0.3) is 0 Å². The summed E-state index contributed by atoms with van der Waals surface area (Å²) in [7, 11) is 0. The molecule has 1 aromatic carbocycles. The van der Waals surface area contributed by atoms with Gasteiger partial charge in [0.05, 0.1) is 17.8 Å². The van der Waals surface area contributed by atoms with Gasteiger partial charge in [-0.15, -0.1) is 0 Å². The van der Waals surface area contributed by atoms with Gasteiger partial charge in [0.1, 0.15) is 23.8 Å². The van der Waals surface area contributed by atoms with Gasteiger partial charge in [-0.1, -0.05) is 13.8 Å². The lowest BCUT2D eigenvalue weighted by Gasteiger charge is -2.36. The van der Waals surface area contributed by atoms with Crippen LogP contribution in [0.4, 0.5) is 8.78 Å². The Kier molecular flexibility index (Phi) is 3.78. The largest absolute Gasteiger partial charge is 0.387 e. The van der Waals surface area contributed by atoms with Crippen molar-refractivity contribution in [1.29, 1.82) is 0 Å². The van der Waals surface area contributed by atoms with Gasteiger partial charge < -0.3 is 14.6 Å². The maximum absolute atomic E-state index is 13.7. The van der Waals surface area contributed by atoms with Crippen LogP contribution in [0.3, 0.4) is 0 Å². The number of fused-ring (bicyclic) bond motifs is 2. The molecular weight excluding hydrogens is 290 g/mol. The highest BCUT2D eigenvalue weighted by molar-refractivity contribution is 5.19. The Balaban J connectivity index is 1.77. The summed E-state index contributed by atoms with van der Waals surface area (Å²) >= 11 is 0. The SMILES string of the molecule is CC(C)[C@]12CC[C@](C)(O1)[C@H](OCc1cc(F)ccc1F)[C@H]2O. The molecule has 2 heterocycles. The highest BCUT2D eigenvalue weighted by Gasteiger charge is 2.66. The lowest BCUT2D eigenvalue weighted by atomic mass is 9.73. The van der Waals surface area contributed by atoms with Crippen molar-refractivity contribution in [2.45, 2.75) is 63.6 Å². The first-order valence-electron chi connectivity index (χ1n) is 7.72. The number of aliphatic hydroxyl groups is 1. The van der Waals surface area contributed by atoms with Crippen molar-refractivity contribution in [2.24, 2.45) is 5.92 Å². The number of hydrogen-bond acceptors (Lipinski definition) is 3. The van der Waals surface area contributed by atoms with E-state index in [1.165, 1.54) is 0 Å².